The number of aryl methyl sites for hydroxylation is 1. The minimum absolute atomic E-state index is 0. The van der Waals surface area contributed by atoms with Crippen molar-refractivity contribution in [1.29, 1.82) is 0 Å². The van der Waals surface area contributed by atoms with Gasteiger partial charge < -0.3 is 9.64 Å². The molecule has 0 N–H and O–H groups in total. The van der Waals surface area contributed by atoms with Gasteiger partial charge in [-0.05, 0) is 37.6 Å². The molecule has 182 valence electrons. The van der Waals surface area contributed by atoms with E-state index < -0.39 is 0 Å². The zero-order chi connectivity index (χ0) is 23.2. The number of anilines is 1. The van der Waals surface area contributed by atoms with Crippen molar-refractivity contribution in [3.05, 3.63) is 92.8 Å². The second kappa shape index (κ2) is 11.9. The van der Waals surface area contributed by atoms with Crippen LogP contribution in [0, 0.1) is 6.92 Å². The molecule has 0 aliphatic carbocycles. The first kappa shape index (κ1) is 25.6. The average molecular weight is 485 g/mol. The van der Waals surface area contributed by atoms with E-state index in [0.717, 1.165) is 56.1 Å². The Bertz CT molecular complexity index is 1180. The van der Waals surface area contributed by atoms with Crippen LogP contribution in [-0.4, -0.2) is 53.9 Å². The molecule has 1 saturated heterocycles. The zero-order valence-electron chi connectivity index (χ0n) is 19.9. The van der Waals surface area contributed by atoms with Crippen LogP contribution in [0.4, 0.5) is 5.69 Å². The van der Waals surface area contributed by atoms with E-state index in [9.17, 15) is 9.59 Å². The molecule has 1 aliphatic rings. The molecule has 0 saturated carbocycles. The molecule has 34 heavy (non-hydrogen) atoms. The van der Waals surface area contributed by atoms with Crippen molar-refractivity contribution < 1.29 is 4.74 Å². The van der Waals surface area contributed by atoms with E-state index in [0.29, 0.717) is 18.7 Å². The predicted octanol–water partition coefficient (Wildman–Crippen LogP) is 3.01. The number of rotatable bonds is 8. The monoisotopic (exact) mass is 484 g/mol. The maximum atomic E-state index is 13.0. The maximum absolute atomic E-state index is 13.0. The number of benzene rings is 2. The lowest BCUT2D eigenvalue weighted by molar-refractivity contribution is 0.248. The number of aromatic nitrogens is 2. The van der Waals surface area contributed by atoms with Crippen molar-refractivity contribution in [1.82, 2.24) is 14.0 Å². The van der Waals surface area contributed by atoms with Gasteiger partial charge in [-0.1, -0.05) is 42.5 Å². The molecular weight excluding hydrogens is 452 g/mol. The Kier molecular flexibility index (Phi) is 8.96. The van der Waals surface area contributed by atoms with Crippen LogP contribution in [0.2, 0.25) is 0 Å². The van der Waals surface area contributed by atoms with E-state index in [1.807, 2.05) is 48.5 Å². The van der Waals surface area contributed by atoms with E-state index in [-0.39, 0.29) is 23.7 Å². The number of para-hydroxylation sites is 2. The molecule has 1 fully saturated rings. The van der Waals surface area contributed by atoms with Gasteiger partial charge in [-0.3, -0.25) is 18.8 Å². The van der Waals surface area contributed by atoms with Gasteiger partial charge in [-0.15, -0.1) is 12.4 Å². The van der Waals surface area contributed by atoms with E-state index >= 15 is 0 Å². The van der Waals surface area contributed by atoms with Crippen LogP contribution in [-0.2, 0) is 13.1 Å². The van der Waals surface area contributed by atoms with E-state index in [1.165, 1.54) is 4.57 Å². The lowest BCUT2D eigenvalue weighted by Crippen LogP contribution is -2.47. The fourth-order valence-electron chi connectivity index (χ4n) is 4.45. The number of hydrogen-bond donors (Lipinski definition) is 0. The predicted molar refractivity (Wildman–Crippen MR) is 139 cm³/mol. The van der Waals surface area contributed by atoms with Crippen LogP contribution in [0.25, 0.3) is 0 Å². The SMILES string of the molecule is COc1ccccc1N1CCN(CCCn2c(=O)c(C)cn(Cc3ccccc3)c2=O)CC1.Cl. The Morgan fingerprint density at radius 2 is 1.56 bits per heavy atom. The van der Waals surface area contributed by atoms with E-state index in [4.69, 9.17) is 4.74 Å². The van der Waals surface area contributed by atoms with E-state index in [1.54, 1.807) is 24.8 Å². The van der Waals surface area contributed by atoms with Crippen LogP contribution in [0.1, 0.15) is 17.5 Å². The quantitative estimate of drug-likeness (QED) is 0.492. The number of nitrogens with zero attached hydrogens (tertiary/aromatic N) is 4. The van der Waals surface area contributed by atoms with Gasteiger partial charge in [0, 0.05) is 44.5 Å². The third kappa shape index (κ3) is 5.90. The molecule has 0 radical (unpaired) electrons. The molecule has 8 heteroatoms. The Balaban J connectivity index is 0.00000324. The Morgan fingerprint density at radius 1 is 0.882 bits per heavy atom. The molecule has 2 heterocycles. The minimum atomic E-state index is -0.240. The van der Waals surface area contributed by atoms with Gasteiger partial charge >= 0.3 is 5.69 Å². The van der Waals surface area contributed by atoms with E-state index in [2.05, 4.69) is 15.9 Å². The lowest BCUT2D eigenvalue weighted by atomic mass is 10.2. The number of halogens is 1. The number of methoxy groups -OCH3 is 1. The molecule has 0 atom stereocenters. The Labute approximate surface area is 206 Å². The van der Waals surface area contributed by atoms with Crippen molar-refractivity contribution in [3.63, 3.8) is 0 Å². The van der Waals surface area contributed by atoms with Crippen molar-refractivity contribution in [2.24, 2.45) is 0 Å². The van der Waals surface area contributed by atoms with Crippen LogP contribution >= 0.6 is 12.4 Å². The summed E-state index contributed by atoms with van der Waals surface area (Å²) in [5.41, 5.74) is 2.33. The van der Waals surface area contributed by atoms with Crippen LogP contribution in [0.5, 0.6) is 5.75 Å². The second-order valence-corrected chi connectivity index (χ2v) is 8.52. The summed E-state index contributed by atoms with van der Waals surface area (Å²) in [5, 5.41) is 0. The summed E-state index contributed by atoms with van der Waals surface area (Å²) in [6.45, 7) is 7.27. The molecular formula is C26H33ClN4O3. The normalized spacial score (nSPS) is 14.0. The van der Waals surface area contributed by atoms with Crippen molar-refractivity contribution in [3.8, 4) is 5.75 Å². The van der Waals surface area contributed by atoms with Crippen molar-refractivity contribution >= 4 is 18.1 Å². The number of hydrogen-bond acceptors (Lipinski definition) is 5. The van der Waals surface area contributed by atoms with Gasteiger partial charge in [0.05, 0.1) is 19.3 Å². The Hall–Kier alpha value is -3.03. The summed E-state index contributed by atoms with van der Waals surface area (Å²) >= 11 is 0. The highest BCUT2D eigenvalue weighted by molar-refractivity contribution is 5.85. The summed E-state index contributed by atoms with van der Waals surface area (Å²) in [6, 6.07) is 17.9. The maximum Gasteiger partial charge on any atom is 0.331 e. The van der Waals surface area contributed by atoms with Gasteiger partial charge in [0.25, 0.3) is 5.56 Å². The molecule has 0 amide bonds. The third-order valence-corrected chi connectivity index (χ3v) is 6.26. The molecule has 1 aromatic heterocycles. The fraction of sp³-hybridized carbons (Fsp3) is 0.385. The second-order valence-electron chi connectivity index (χ2n) is 8.52. The first-order chi connectivity index (χ1) is 16.1. The summed E-state index contributed by atoms with van der Waals surface area (Å²) in [7, 11) is 1.70. The molecule has 0 unspecified atom stereocenters. The standard InChI is InChI=1S/C26H32N4O3.ClH/c1-21-19-29(20-22-9-4-3-5-10-22)26(32)30(25(21)31)14-8-13-27-15-17-28(18-16-27)23-11-6-7-12-24(23)33-2;/h3-7,9-12,19H,8,13-18,20H2,1-2H3;1H. The molecule has 4 rings (SSSR count). The average Bonchev–Trinajstić information content (AvgIpc) is 2.85. The first-order valence-electron chi connectivity index (χ1n) is 11.5. The highest BCUT2D eigenvalue weighted by atomic mass is 35.5. The molecule has 0 spiro atoms. The minimum Gasteiger partial charge on any atom is -0.495 e. The van der Waals surface area contributed by atoms with Gasteiger partial charge in [-0.2, -0.15) is 0 Å². The number of ether oxygens (including phenoxy) is 1. The summed E-state index contributed by atoms with van der Waals surface area (Å²) < 4.78 is 8.53. The summed E-state index contributed by atoms with van der Waals surface area (Å²) in [6.07, 6.45) is 2.43. The van der Waals surface area contributed by atoms with Crippen LogP contribution in [0.3, 0.4) is 0 Å². The van der Waals surface area contributed by atoms with Gasteiger partial charge in [-0.25, -0.2) is 4.79 Å². The molecule has 7 nitrogen and oxygen atoms in total. The molecule has 1 aliphatic heterocycles. The highest BCUT2D eigenvalue weighted by Gasteiger charge is 2.19. The highest BCUT2D eigenvalue weighted by Crippen LogP contribution is 2.28. The van der Waals surface area contributed by atoms with Crippen LogP contribution in [0.15, 0.2) is 70.4 Å². The fourth-order valence-corrected chi connectivity index (χ4v) is 4.45. The van der Waals surface area contributed by atoms with Crippen molar-refractivity contribution in [2.45, 2.75) is 26.4 Å². The first-order valence-corrected chi connectivity index (χ1v) is 11.5. The molecule has 2 aromatic carbocycles. The van der Waals surface area contributed by atoms with Gasteiger partial charge in [0.15, 0.2) is 0 Å². The van der Waals surface area contributed by atoms with Gasteiger partial charge in [0.1, 0.15) is 5.75 Å². The summed E-state index contributed by atoms with van der Waals surface area (Å²) in [5.74, 6) is 0.900. The number of piperazine rings is 1. The molecule has 3 aromatic rings. The summed E-state index contributed by atoms with van der Waals surface area (Å²) in [4.78, 5) is 30.4. The Morgan fingerprint density at radius 3 is 2.26 bits per heavy atom. The molecule has 0 bridgehead atoms. The van der Waals surface area contributed by atoms with Gasteiger partial charge in [0.2, 0.25) is 0 Å². The van der Waals surface area contributed by atoms with Crippen LogP contribution < -0.4 is 20.9 Å². The smallest absolute Gasteiger partial charge is 0.331 e. The topological polar surface area (TPSA) is 59.7 Å². The third-order valence-electron chi connectivity index (χ3n) is 6.26. The largest absolute Gasteiger partial charge is 0.495 e. The zero-order valence-corrected chi connectivity index (χ0v) is 20.7. The lowest BCUT2D eigenvalue weighted by Gasteiger charge is -2.36. The van der Waals surface area contributed by atoms with Crippen molar-refractivity contribution in [2.75, 3.05) is 44.7 Å².